The molecule has 1 aromatic heterocycles. The fourth-order valence-electron chi connectivity index (χ4n) is 2.10. The molecule has 5 nitrogen and oxygen atoms in total. The third kappa shape index (κ3) is 4.73. The zero-order valence-corrected chi connectivity index (χ0v) is 14.7. The predicted octanol–water partition coefficient (Wildman–Crippen LogP) is 2.30. The van der Waals surface area contributed by atoms with Crippen LogP contribution in [0.5, 0.6) is 0 Å². The maximum absolute atomic E-state index is 11.3. The molecule has 0 saturated carbocycles. The number of rotatable bonds is 8. The van der Waals surface area contributed by atoms with Crippen LogP contribution in [0.25, 0.3) is 0 Å². The quantitative estimate of drug-likeness (QED) is 0.451. The summed E-state index contributed by atoms with van der Waals surface area (Å²) in [6.45, 7) is 3.26. The highest BCUT2D eigenvalue weighted by Crippen LogP contribution is 2.31. The van der Waals surface area contributed by atoms with E-state index in [1.807, 2.05) is 31.0 Å². The molecule has 1 N–H and O–H groups in total. The molecule has 2 rings (SSSR count). The summed E-state index contributed by atoms with van der Waals surface area (Å²) < 4.78 is 9.96. The molecule has 1 heterocycles. The van der Waals surface area contributed by atoms with Gasteiger partial charge in [0.2, 0.25) is 6.41 Å². The van der Waals surface area contributed by atoms with Gasteiger partial charge in [0.05, 0.1) is 5.69 Å². The number of hydrogen-bond acceptors (Lipinski definition) is 6. The van der Waals surface area contributed by atoms with Crippen molar-refractivity contribution in [2.24, 2.45) is 0 Å². The van der Waals surface area contributed by atoms with Gasteiger partial charge in [0, 0.05) is 37.9 Å². The SMILES string of the molecule is [B]c1ccc(N(C=O)CCCN(C)c2nc(C)c(SO)s2)cc1. The monoisotopic (exact) mass is 347 g/mol. The van der Waals surface area contributed by atoms with Crippen LogP contribution in [0.2, 0.25) is 0 Å². The number of amides is 1. The topological polar surface area (TPSA) is 56.7 Å². The molecular formula is C15H18BN3O2S2. The molecule has 2 radical (unpaired) electrons. The molecule has 0 saturated heterocycles. The van der Waals surface area contributed by atoms with Crippen LogP contribution >= 0.6 is 23.4 Å². The predicted molar refractivity (Wildman–Crippen MR) is 98.5 cm³/mol. The van der Waals surface area contributed by atoms with Gasteiger partial charge in [-0.3, -0.25) is 4.79 Å². The maximum Gasteiger partial charge on any atom is 0.214 e. The molecule has 0 atom stereocenters. The second-order valence-electron chi connectivity index (χ2n) is 5.13. The fourth-order valence-corrected chi connectivity index (χ4v) is 3.44. The highest BCUT2D eigenvalue weighted by atomic mass is 32.2. The van der Waals surface area contributed by atoms with Crippen molar-refractivity contribution in [1.82, 2.24) is 4.98 Å². The largest absolute Gasteiger partial charge is 0.351 e. The summed E-state index contributed by atoms with van der Waals surface area (Å²) in [5, 5.41) is 0.865. The molecule has 0 aliphatic rings. The number of hydrogen-bond donors (Lipinski definition) is 1. The summed E-state index contributed by atoms with van der Waals surface area (Å²) in [4.78, 5) is 19.4. The van der Waals surface area contributed by atoms with E-state index < -0.39 is 0 Å². The first-order valence-corrected chi connectivity index (χ1v) is 8.71. The van der Waals surface area contributed by atoms with Crippen LogP contribution in [0.15, 0.2) is 28.5 Å². The van der Waals surface area contributed by atoms with E-state index in [1.165, 1.54) is 11.3 Å². The van der Waals surface area contributed by atoms with Gasteiger partial charge in [0.1, 0.15) is 12.1 Å². The van der Waals surface area contributed by atoms with E-state index >= 15 is 0 Å². The van der Waals surface area contributed by atoms with Crippen LogP contribution in [0.3, 0.4) is 0 Å². The van der Waals surface area contributed by atoms with E-state index in [4.69, 9.17) is 12.4 Å². The summed E-state index contributed by atoms with van der Waals surface area (Å²) in [6.07, 6.45) is 1.64. The van der Waals surface area contributed by atoms with E-state index in [0.717, 1.165) is 52.1 Å². The average Bonchev–Trinajstić information content (AvgIpc) is 2.93. The Kier molecular flexibility index (Phi) is 6.50. The number of thiazole rings is 1. The summed E-state index contributed by atoms with van der Waals surface area (Å²) in [6, 6.07) is 7.24. The minimum absolute atomic E-state index is 0.615. The van der Waals surface area contributed by atoms with Gasteiger partial charge in [-0.05, 0) is 25.5 Å². The first-order valence-electron chi connectivity index (χ1n) is 7.12. The summed E-state index contributed by atoms with van der Waals surface area (Å²) in [5.74, 6) is 0. The lowest BCUT2D eigenvalue weighted by Crippen LogP contribution is -2.27. The van der Waals surface area contributed by atoms with E-state index in [-0.39, 0.29) is 0 Å². The Bertz CT molecular complexity index is 649. The van der Waals surface area contributed by atoms with Crippen LogP contribution in [-0.4, -0.2) is 43.9 Å². The maximum atomic E-state index is 11.3. The van der Waals surface area contributed by atoms with Gasteiger partial charge in [-0.25, -0.2) is 4.98 Å². The fraction of sp³-hybridized carbons (Fsp3) is 0.333. The van der Waals surface area contributed by atoms with Crippen molar-refractivity contribution >= 4 is 53.9 Å². The van der Waals surface area contributed by atoms with Crippen LogP contribution in [-0.2, 0) is 4.79 Å². The zero-order chi connectivity index (χ0) is 16.8. The van der Waals surface area contributed by atoms with Gasteiger partial charge in [0.15, 0.2) is 5.13 Å². The van der Waals surface area contributed by atoms with Crippen molar-refractivity contribution in [2.45, 2.75) is 17.6 Å². The number of aromatic nitrogens is 1. The van der Waals surface area contributed by atoms with E-state index in [1.54, 1.807) is 17.0 Å². The Hall–Kier alpha value is -1.51. The molecule has 1 amide bonds. The molecule has 120 valence electrons. The van der Waals surface area contributed by atoms with E-state index in [9.17, 15) is 4.79 Å². The lowest BCUT2D eigenvalue weighted by molar-refractivity contribution is -0.107. The lowest BCUT2D eigenvalue weighted by Gasteiger charge is -2.20. The minimum atomic E-state index is 0.615. The lowest BCUT2D eigenvalue weighted by atomic mass is 9.96. The molecule has 0 bridgehead atoms. The molecule has 0 unspecified atom stereocenters. The summed E-state index contributed by atoms with van der Waals surface area (Å²) in [5.41, 5.74) is 2.35. The molecule has 2 aromatic rings. The standard InChI is InChI=1S/C15H18BN3O2S2/c1-11-14(23-21)22-15(17-11)18(2)8-3-9-19(10-20)13-6-4-12(16)5-7-13/h4-7,10,21H,3,8-9H2,1-2H3. The van der Waals surface area contributed by atoms with Gasteiger partial charge in [0.25, 0.3) is 0 Å². The number of benzene rings is 1. The van der Waals surface area contributed by atoms with Crippen molar-refractivity contribution in [3.05, 3.63) is 30.0 Å². The first-order chi connectivity index (χ1) is 11.0. The van der Waals surface area contributed by atoms with Gasteiger partial charge >= 0.3 is 0 Å². The van der Waals surface area contributed by atoms with E-state index in [2.05, 4.69) is 4.98 Å². The highest BCUT2D eigenvalue weighted by molar-refractivity contribution is 7.95. The van der Waals surface area contributed by atoms with Gasteiger partial charge in [-0.15, -0.1) is 0 Å². The van der Waals surface area contributed by atoms with Gasteiger partial charge < -0.3 is 14.4 Å². The molecule has 0 aliphatic carbocycles. The Balaban J connectivity index is 1.89. The highest BCUT2D eigenvalue weighted by Gasteiger charge is 2.12. The van der Waals surface area contributed by atoms with E-state index in [0.29, 0.717) is 12.0 Å². The Morgan fingerprint density at radius 3 is 2.61 bits per heavy atom. The summed E-state index contributed by atoms with van der Waals surface area (Å²) >= 11 is 2.19. The van der Waals surface area contributed by atoms with Gasteiger partial charge in [-0.2, -0.15) is 0 Å². The molecular weight excluding hydrogens is 329 g/mol. The zero-order valence-electron chi connectivity index (χ0n) is 13.1. The van der Waals surface area contributed by atoms with Crippen molar-refractivity contribution in [3.8, 4) is 0 Å². The number of anilines is 2. The molecule has 1 aromatic carbocycles. The number of carbonyl (C=O) groups is 1. The molecule has 8 heteroatoms. The van der Waals surface area contributed by atoms with Crippen molar-refractivity contribution in [3.63, 3.8) is 0 Å². The van der Waals surface area contributed by atoms with Gasteiger partial charge in [-0.1, -0.05) is 28.9 Å². The average molecular weight is 347 g/mol. The minimum Gasteiger partial charge on any atom is -0.351 e. The molecule has 23 heavy (non-hydrogen) atoms. The van der Waals surface area contributed by atoms with Crippen molar-refractivity contribution < 1.29 is 9.35 Å². The summed E-state index contributed by atoms with van der Waals surface area (Å²) in [7, 11) is 7.62. The molecule has 0 spiro atoms. The smallest absolute Gasteiger partial charge is 0.214 e. The third-order valence-corrected chi connectivity index (χ3v) is 5.40. The number of aryl methyl sites for hydroxylation is 1. The number of nitrogens with zero attached hydrogens (tertiary/aromatic N) is 3. The Labute approximate surface area is 145 Å². The van der Waals surface area contributed by atoms with Crippen LogP contribution in [0.4, 0.5) is 10.8 Å². The third-order valence-electron chi connectivity index (χ3n) is 3.40. The molecule has 0 fully saturated rings. The molecule has 0 aliphatic heterocycles. The first kappa shape index (κ1) is 17.8. The normalized spacial score (nSPS) is 10.6. The Morgan fingerprint density at radius 1 is 1.35 bits per heavy atom. The van der Waals surface area contributed by atoms with Crippen LogP contribution in [0, 0.1) is 6.92 Å². The second kappa shape index (κ2) is 8.38. The van der Waals surface area contributed by atoms with Crippen LogP contribution in [0.1, 0.15) is 12.1 Å². The number of carbonyl (C=O) groups excluding carboxylic acids is 1. The van der Waals surface area contributed by atoms with Crippen LogP contribution < -0.4 is 15.3 Å². The van der Waals surface area contributed by atoms with Crippen molar-refractivity contribution in [1.29, 1.82) is 0 Å². The Morgan fingerprint density at radius 2 is 2.04 bits per heavy atom. The van der Waals surface area contributed by atoms with Crippen molar-refractivity contribution in [2.75, 3.05) is 29.9 Å². The second-order valence-corrected chi connectivity index (χ2v) is 6.95.